The summed E-state index contributed by atoms with van der Waals surface area (Å²) in [5.41, 5.74) is 1.73. The SMILES string of the molecule is CCNC(Cc1ccc(Br)cc1Cl)C1(CC)CCCC1. The van der Waals surface area contributed by atoms with Crippen LogP contribution < -0.4 is 5.32 Å². The minimum absolute atomic E-state index is 0.465. The van der Waals surface area contributed by atoms with Gasteiger partial charge in [0.2, 0.25) is 0 Å². The average molecular weight is 359 g/mol. The molecule has 20 heavy (non-hydrogen) atoms. The standard InChI is InChI=1S/C17H25BrClN/c1-3-17(9-5-6-10-17)16(20-4-2)11-13-7-8-14(18)12-15(13)19/h7-8,12,16,20H,3-6,9-11H2,1-2H3. The Morgan fingerprint density at radius 2 is 2.00 bits per heavy atom. The van der Waals surface area contributed by atoms with Crippen molar-refractivity contribution in [2.24, 2.45) is 5.41 Å². The highest BCUT2D eigenvalue weighted by Gasteiger charge is 2.39. The minimum atomic E-state index is 0.465. The number of rotatable bonds is 6. The van der Waals surface area contributed by atoms with Gasteiger partial charge in [-0.2, -0.15) is 0 Å². The molecule has 0 spiro atoms. The van der Waals surface area contributed by atoms with Crippen molar-refractivity contribution in [3.8, 4) is 0 Å². The van der Waals surface area contributed by atoms with Gasteiger partial charge < -0.3 is 5.32 Å². The fraction of sp³-hybridized carbons (Fsp3) is 0.647. The highest BCUT2D eigenvalue weighted by molar-refractivity contribution is 9.10. The van der Waals surface area contributed by atoms with Crippen LogP contribution in [0.1, 0.15) is 51.5 Å². The second-order valence-electron chi connectivity index (χ2n) is 5.97. The summed E-state index contributed by atoms with van der Waals surface area (Å²) >= 11 is 9.89. The van der Waals surface area contributed by atoms with Gasteiger partial charge in [-0.15, -0.1) is 0 Å². The molecule has 1 nitrogen and oxygen atoms in total. The molecule has 1 N–H and O–H groups in total. The van der Waals surface area contributed by atoms with E-state index in [-0.39, 0.29) is 0 Å². The summed E-state index contributed by atoms with van der Waals surface area (Å²) in [5.74, 6) is 0. The third-order valence-electron chi connectivity index (χ3n) is 4.93. The fourth-order valence-electron chi connectivity index (χ4n) is 3.69. The number of nitrogens with one attached hydrogen (secondary N) is 1. The quantitative estimate of drug-likeness (QED) is 0.698. The predicted octanol–water partition coefficient (Wildman–Crippen LogP) is 5.59. The van der Waals surface area contributed by atoms with E-state index in [0.29, 0.717) is 11.5 Å². The van der Waals surface area contributed by atoms with E-state index in [4.69, 9.17) is 11.6 Å². The van der Waals surface area contributed by atoms with E-state index in [1.54, 1.807) is 0 Å². The molecule has 1 aromatic rings. The van der Waals surface area contributed by atoms with Crippen molar-refractivity contribution >= 4 is 27.5 Å². The number of likely N-dealkylation sites (N-methyl/N-ethyl adjacent to an activating group) is 1. The lowest BCUT2D eigenvalue weighted by Crippen LogP contribution is -2.45. The van der Waals surface area contributed by atoms with Crippen LogP contribution in [0.4, 0.5) is 0 Å². The van der Waals surface area contributed by atoms with Crippen molar-refractivity contribution < 1.29 is 0 Å². The minimum Gasteiger partial charge on any atom is -0.313 e. The first-order valence-corrected chi connectivity index (χ1v) is 8.95. The van der Waals surface area contributed by atoms with E-state index < -0.39 is 0 Å². The van der Waals surface area contributed by atoms with Crippen LogP contribution >= 0.6 is 27.5 Å². The summed E-state index contributed by atoms with van der Waals surface area (Å²) in [6, 6.07) is 6.80. The molecule has 0 aliphatic heterocycles. The van der Waals surface area contributed by atoms with Crippen LogP contribution in [0.2, 0.25) is 5.02 Å². The van der Waals surface area contributed by atoms with Crippen molar-refractivity contribution in [1.29, 1.82) is 0 Å². The summed E-state index contributed by atoms with van der Waals surface area (Å²) in [5, 5.41) is 4.62. The normalized spacial score (nSPS) is 19.2. The summed E-state index contributed by atoms with van der Waals surface area (Å²) < 4.78 is 1.05. The molecule has 3 heteroatoms. The van der Waals surface area contributed by atoms with Crippen LogP contribution in [0, 0.1) is 5.41 Å². The molecule has 112 valence electrons. The Morgan fingerprint density at radius 1 is 1.30 bits per heavy atom. The molecule has 1 atom stereocenters. The van der Waals surface area contributed by atoms with Gasteiger partial charge in [-0.05, 0) is 55.3 Å². The molecule has 1 unspecified atom stereocenters. The second kappa shape index (κ2) is 7.29. The number of hydrogen-bond acceptors (Lipinski definition) is 1. The third kappa shape index (κ3) is 3.58. The van der Waals surface area contributed by atoms with E-state index in [0.717, 1.165) is 22.5 Å². The Morgan fingerprint density at radius 3 is 2.55 bits per heavy atom. The van der Waals surface area contributed by atoms with Crippen molar-refractivity contribution in [3.63, 3.8) is 0 Å². The van der Waals surface area contributed by atoms with Crippen molar-refractivity contribution in [2.45, 2.75) is 58.4 Å². The zero-order valence-corrected chi connectivity index (χ0v) is 14.9. The Hall–Kier alpha value is -0.0500. The van der Waals surface area contributed by atoms with Gasteiger partial charge >= 0.3 is 0 Å². The van der Waals surface area contributed by atoms with E-state index in [1.165, 1.54) is 37.7 Å². The summed E-state index contributed by atoms with van der Waals surface area (Å²) in [7, 11) is 0. The van der Waals surface area contributed by atoms with Crippen molar-refractivity contribution in [2.75, 3.05) is 6.54 Å². The van der Waals surface area contributed by atoms with Gasteiger partial charge in [-0.1, -0.05) is 60.3 Å². The maximum Gasteiger partial charge on any atom is 0.0449 e. The molecular weight excluding hydrogens is 334 g/mol. The van der Waals surface area contributed by atoms with Gasteiger partial charge in [0.15, 0.2) is 0 Å². The molecule has 1 saturated carbocycles. The topological polar surface area (TPSA) is 12.0 Å². The number of halogens is 2. The maximum absolute atomic E-state index is 6.41. The first kappa shape index (κ1) is 16.3. The molecule has 0 amide bonds. The Kier molecular flexibility index (Phi) is 5.95. The largest absolute Gasteiger partial charge is 0.313 e. The Labute approximate surface area is 136 Å². The first-order chi connectivity index (χ1) is 9.61. The fourth-order valence-corrected chi connectivity index (χ4v) is 4.44. The number of hydrogen-bond donors (Lipinski definition) is 1. The third-order valence-corrected chi connectivity index (χ3v) is 5.78. The number of benzene rings is 1. The first-order valence-electron chi connectivity index (χ1n) is 7.78. The molecular formula is C17H25BrClN. The highest BCUT2D eigenvalue weighted by Crippen LogP contribution is 2.45. The maximum atomic E-state index is 6.41. The molecule has 1 fully saturated rings. The van der Waals surface area contributed by atoms with Crippen LogP contribution in [-0.2, 0) is 6.42 Å². The lowest BCUT2D eigenvalue weighted by atomic mass is 9.74. The molecule has 1 aliphatic carbocycles. The lowest BCUT2D eigenvalue weighted by Gasteiger charge is -2.38. The van der Waals surface area contributed by atoms with Crippen LogP contribution in [0.3, 0.4) is 0 Å². The molecule has 2 rings (SSSR count). The Bertz CT molecular complexity index is 441. The van der Waals surface area contributed by atoms with E-state index in [9.17, 15) is 0 Å². The highest BCUT2D eigenvalue weighted by atomic mass is 79.9. The van der Waals surface area contributed by atoms with Crippen molar-refractivity contribution in [1.82, 2.24) is 5.32 Å². The van der Waals surface area contributed by atoms with E-state index >= 15 is 0 Å². The second-order valence-corrected chi connectivity index (χ2v) is 7.30. The zero-order valence-electron chi connectivity index (χ0n) is 12.5. The summed E-state index contributed by atoms with van der Waals surface area (Å²) in [6.45, 7) is 5.58. The summed E-state index contributed by atoms with van der Waals surface area (Å²) in [6.07, 6.45) is 7.77. The monoisotopic (exact) mass is 357 g/mol. The van der Waals surface area contributed by atoms with Gasteiger partial charge in [0.25, 0.3) is 0 Å². The van der Waals surface area contributed by atoms with Crippen LogP contribution in [0.15, 0.2) is 22.7 Å². The van der Waals surface area contributed by atoms with Gasteiger partial charge in [0.1, 0.15) is 0 Å². The molecule has 0 bridgehead atoms. The molecule has 0 saturated heterocycles. The Balaban J connectivity index is 2.20. The van der Waals surface area contributed by atoms with Gasteiger partial charge in [0, 0.05) is 15.5 Å². The summed E-state index contributed by atoms with van der Waals surface area (Å²) in [4.78, 5) is 0. The molecule has 0 aromatic heterocycles. The van der Waals surface area contributed by atoms with Crippen molar-refractivity contribution in [3.05, 3.63) is 33.3 Å². The molecule has 1 aliphatic rings. The van der Waals surface area contributed by atoms with Crippen LogP contribution in [-0.4, -0.2) is 12.6 Å². The van der Waals surface area contributed by atoms with E-state index in [2.05, 4.69) is 47.2 Å². The lowest BCUT2D eigenvalue weighted by molar-refractivity contribution is 0.186. The molecule has 0 heterocycles. The average Bonchev–Trinajstić information content (AvgIpc) is 2.91. The van der Waals surface area contributed by atoms with Gasteiger partial charge in [-0.3, -0.25) is 0 Å². The van der Waals surface area contributed by atoms with E-state index in [1.807, 2.05) is 6.07 Å². The van der Waals surface area contributed by atoms with Crippen LogP contribution in [0.5, 0.6) is 0 Å². The smallest absolute Gasteiger partial charge is 0.0449 e. The van der Waals surface area contributed by atoms with Crippen LogP contribution in [0.25, 0.3) is 0 Å². The predicted molar refractivity (Wildman–Crippen MR) is 91.5 cm³/mol. The molecule has 1 aromatic carbocycles. The zero-order chi connectivity index (χ0) is 14.6. The van der Waals surface area contributed by atoms with Gasteiger partial charge in [-0.25, -0.2) is 0 Å². The molecule has 0 radical (unpaired) electrons. The van der Waals surface area contributed by atoms with Gasteiger partial charge in [0.05, 0.1) is 0 Å².